The van der Waals surface area contributed by atoms with Gasteiger partial charge in [0.2, 0.25) is 5.91 Å². The molecule has 4 nitrogen and oxygen atoms in total. The third-order valence-electron chi connectivity index (χ3n) is 3.60. The Morgan fingerprint density at radius 2 is 1.95 bits per heavy atom. The molecular weight excluding hydrogens is 272 g/mol. The molecule has 5 heteroatoms. The van der Waals surface area contributed by atoms with E-state index in [9.17, 15) is 9.59 Å². The molecule has 1 N–H and O–H groups in total. The SMILES string of the molecule is Cc1ccc(S)cc1C(=O)NC(C)C(=O)N1CCCC1. The summed E-state index contributed by atoms with van der Waals surface area (Å²) in [6.45, 7) is 5.20. The first kappa shape index (κ1) is 14.9. The van der Waals surface area contributed by atoms with E-state index in [2.05, 4.69) is 17.9 Å². The second kappa shape index (κ2) is 6.31. The standard InChI is InChI=1S/C15H20N2O2S/c1-10-5-6-12(20)9-13(10)14(18)16-11(2)15(19)17-7-3-4-8-17/h5-6,9,11,20H,3-4,7-8H2,1-2H3,(H,16,18). The Morgan fingerprint density at radius 3 is 2.60 bits per heavy atom. The van der Waals surface area contributed by atoms with Crippen LogP contribution < -0.4 is 5.32 Å². The van der Waals surface area contributed by atoms with Gasteiger partial charge in [0.05, 0.1) is 0 Å². The molecule has 2 rings (SSSR count). The number of hydrogen-bond donors (Lipinski definition) is 2. The molecule has 1 fully saturated rings. The number of benzene rings is 1. The topological polar surface area (TPSA) is 49.4 Å². The van der Waals surface area contributed by atoms with Crippen molar-refractivity contribution in [2.45, 2.75) is 37.6 Å². The quantitative estimate of drug-likeness (QED) is 0.838. The van der Waals surface area contributed by atoms with Crippen LogP contribution in [-0.2, 0) is 4.79 Å². The van der Waals surface area contributed by atoms with E-state index in [1.165, 1.54) is 0 Å². The van der Waals surface area contributed by atoms with Crippen molar-refractivity contribution in [3.8, 4) is 0 Å². The van der Waals surface area contributed by atoms with Crippen LogP contribution in [0.25, 0.3) is 0 Å². The molecule has 1 unspecified atom stereocenters. The molecule has 20 heavy (non-hydrogen) atoms. The van der Waals surface area contributed by atoms with Crippen LogP contribution in [0.15, 0.2) is 23.1 Å². The molecule has 1 aromatic carbocycles. The zero-order chi connectivity index (χ0) is 14.7. The van der Waals surface area contributed by atoms with Crippen LogP contribution in [-0.4, -0.2) is 35.8 Å². The fourth-order valence-corrected chi connectivity index (χ4v) is 2.61. The van der Waals surface area contributed by atoms with E-state index in [0.29, 0.717) is 5.56 Å². The fraction of sp³-hybridized carbons (Fsp3) is 0.467. The summed E-state index contributed by atoms with van der Waals surface area (Å²) in [4.78, 5) is 26.9. The Hall–Kier alpha value is -1.49. The van der Waals surface area contributed by atoms with Crippen molar-refractivity contribution in [2.75, 3.05) is 13.1 Å². The number of likely N-dealkylation sites (tertiary alicyclic amines) is 1. The van der Waals surface area contributed by atoms with Crippen molar-refractivity contribution in [3.63, 3.8) is 0 Å². The zero-order valence-corrected chi connectivity index (χ0v) is 12.7. The van der Waals surface area contributed by atoms with Gasteiger partial charge in [-0.3, -0.25) is 9.59 Å². The number of nitrogens with zero attached hydrogens (tertiary/aromatic N) is 1. The van der Waals surface area contributed by atoms with Gasteiger partial charge < -0.3 is 10.2 Å². The molecule has 1 heterocycles. The van der Waals surface area contributed by atoms with Crippen LogP contribution in [0.5, 0.6) is 0 Å². The Balaban J connectivity index is 2.03. The minimum absolute atomic E-state index is 0.00414. The average Bonchev–Trinajstić information content (AvgIpc) is 2.94. The van der Waals surface area contributed by atoms with E-state index in [4.69, 9.17) is 0 Å². The molecule has 0 bridgehead atoms. The molecule has 108 valence electrons. The van der Waals surface area contributed by atoms with E-state index >= 15 is 0 Å². The fourth-order valence-electron chi connectivity index (χ4n) is 2.40. The molecule has 0 aliphatic carbocycles. The van der Waals surface area contributed by atoms with Crippen molar-refractivity contribution >= 4 is 24.4 Å². The highest BCUT2D eigenvalue weighted by Gasteiger charge is 2.24. The molecule has 1 aromatic rings. The minimum atomic E-state index is -0.497. The Labute approximate surface area is 124 Å². The molecule has 0 saturated carbocycles. The van der Waals surface area contributed by atoms with E-state index in [1.807, 2.05) is 24.0 Å². The van der Waals surface area contributed by atoms with Gasteiger partial charge in [-0.25, -0.2) is 0 Å². The van der Waals surface area contributed by atoms with Crippen LogP contribution in [0.4, 0.5) is 0 Å². The molecular formula is C15H20N2O2S. The highest BCUT2D eigenvalue weighted by atomic mass is 32.1. The van der Waals surface area contributed by atoms with Gasteiger partial charge in [0.25, 0.3) is 5.91 Å². The largest absolute Gasteiger partial charge is 0.341 e. The lowest BCUT2D eigenvalue weighted by atomic mass is 10.1. The van der Waals surface area contributed by atoms with Crippen molar-refractivity contribution < 1.29 is 9.59 Å². The van der Waals surface area contributed by atoms with E-state index in [0.717, 1.165) is 36.4 Å². The van der Waals surface area contributed by atoms with Crippen molar-refractivity contribution in [3.05, 3.63) is 29.3 Å². The first-order chi connectivity index (χ1) is 9.49. The molecule has 1 saturated heterocycles. The molecule has 1 aliphatic rings. The van der Waals surface area contributed by atoms with Gasteiger partial charge in [-0.15, -0.1) is 12.6 Å². The lowest BCUT2D eigenvalue weighted by Gasteiger charge is -2.21. The monoisotopic (exact) mass is 292 g/mol. The highest BCUT2D eigenvalue weighted by molar-refractivity contribution is 7.80. The zero-order valence-electron chi connectivity index (χ0n) is 11.8. The lowest BCUT2D eigenvalue weighted by molar-refractivity contribution is -0.131. The van der Waals surface area contributed by atoms with Gasteiger partial charge in [0.15, 0.2) is 0 Å². The normalized spacial score (nSPS) is 16.1. The Bertz CT molecular complexity index is 525. The number of aryl methyl sites for hydroxylation is 1. The van der Waals surface area contributed by atoms with Crippen molar-refractivity contribution in [1.82, 2.24) is 10.2 Å². The third kappa shape index (κ3) is 3.33. The van der Waals surface area contributed by atoms with Crippen LogP contribution >= 0.6 is 12.6 Å². The number of amides is 2. The third-order valence-corrected chi connectivity index (χ3v) is 3.88. The number of rotatable bonds is 3. The number of nitrogens with one attached hydrogen (secondary N) is 1. The summed E-state index contributed by atoms with van der Waals surface area (Å²) in [7, 11) is 0. The highest BCUT2D eigenvalue weighted by Crippen LogP contribution is 2.14. The molecule has 0 aromatic heterocycles. The summed E-state index contributed by atoms with van der Waals surface area (Å²) >= 11 is 4.24. The van der Waals surface area contributed by atoms with E-state index < -0.39 is 6.04 Å². The first-order valence-corrected chi connectivity index (χ1v) is 7.33. The van der Waals surface area contributed by atoms with Crippen LogP contribution in [0.1, 0.15) is 35.7 Å². The number of hydrogen-bond acceptors (Lipinski definition) is 3. The van der Waals surface area contributed by atoms with Gasteiger partial charge in [-0.2, -0.15) is 0 Å². The second-order valence-electron chi connectivity index (χ2n) is 5.23. The number of thiol groups is 1. The van der Waals surface area contributed by atoms with Gasteiger partial charge in [-0.05, 0) is 44.4 Å². The molecule has 1 atom stereocenters. The Kier molecular flexibility index (Phi) is 4.70. The maximum Gasteiger partial charge on any atom is 0.252 e. The van der Waals surface area contributed by atoms with E-state index in [-0.39, 0.29) is 11.8 Å². The van der Waals surface area contributed by atoms with Gasteiger partial charge in [0, 0.05) is 23.5 Å². The van der Waals surface area contributed by atoms with Crippen molar-refractivity contribution in [2.24, 2.45) is 0 Å². The van der Waals surface area contributed by atoms with Gasteiger partial charge in [0.1, 0.15) is 6.04 Å². The Morgan fingerprint density at radius 1 is 1.30 bits per heavy atom. The molecule has 2 amide bonds. The first-order valence-electron chi connectivity index (χ1n) is 6.88. The number of carbonyl (C=O) groups excluding carboxylic acids is 2. The summed E-state index contributed by atoms with van der Waals surface area (Å²) in [5.41, 5.74) is 1.44. The predicted molar refractivity (Wildman–Crippen MR) is 81.2 cm³/mol. The smallest absolute Gasteiger partial charge is 0.252 e. The van der Waals surface area contributed by atoms with Crippen molar-refractivity contribution in [1.29, 1.82) is 0 Å². The second-order valence-corrected chi connectivity index (χ2v) is 5.74. The van der Waals surface area contributed by atoms with Crippen LogP contribution in [0.2, 0.25) is 0 Å². The van der Waals surface area contributed by atoms with Crippen LogP contribution in [0, 0.1) is 6.92 Å². The maximum atomic E-state index is 12.2. The summed E-state index contributed by atoms with van der Waals surface area (Å²) in [5, 5.41) is 2.78. The molecule has 0 spiro atoms. The predicted octanol–water partition coefficient (Wildman–Crippen LogP) is 2.02. The summed E-state index contributed by atoms with van der Waals surface area (Å²) in [6, 6.07) is 4.92. The average molecular weight is 292 g/mol. The summed E-state index contributed by atoms with van der Waals surface area (Å²) in [5.74, 6) is -0.228. The maximum absolute atomic E-state index is 12.2. The van der Waals surface area contributed by atoms with Gasteiger partial charge in [-0.1, -0.05) is 6.07 Å². The summed E-state index contributed by atoms with van der Waals surface area (Å²) < 4.78 is 0. The van der Waals surface area contributed by atoms with Gasteiger partial charge >= 0.3 is 0 Å². The molecule has 1 aliphatic heterocycles. The summed E-state index contributed by atoms with van der Waals surface area (Å²) in [6.07, 6.45) is 2.10. The number of carbonyl (C=O) groups is 2. The van der Waals surface area contributed by atoms with Crippen LogP contribution in [0.3, 0.4) is 0 Å². The minimum Gasteiger partial charge on any atom is -0.341 e. The lowest BCUT2D eigenvalue weighted by Crippen LogP contribution is -2.46. The molecule has 0 radical (unpaired) electrons. The van der Waals surface area contributed by atoms with E-state index in [1.54, 1.807) is 13.0 Å².